The highest BCUT2D eigenvalue weighted by Gasteiger charge is 2.12. The lowest BCUT2D eigenvalue weighted by Crippen LogP contribution is -2.18. The van der Waals surface area contributed by atoms with E-state index in [-0.39, 0.29) is 0 Å². The number of rotatable bonds is 3. The van der Waals surface area contributed by atoms with E-state index in [4.69, 9.17) is 0 Å². The SMILES string of the molecule is Cc1cccn2c(/C=C/C(=O)[O-])c(-c3ccccc3)nc12. The summed E-state index contributed by atoms with van der Waals surface area (Å²) in [6.45, 7) is 1.98. The van der Waals surface area contributed by atoms with E-state index in [1.54, 1.807) is 0 Å². The van der Waals surface area contributed by atoms with E-state index < -0.39 is 5.97 Å². The Morgan fingerprint density at radius 1 is 1.19 bits per heavy atom. The van der Waals surface area contributed by atoms with E-state index in [1.165, 1.54) is 6.08 Å². The van der Waals surface area contributed by atoms with Gasteiger partial charge >= 0.3 is 0 Å². The first-order valence-electron chi connectivity index (χ1n) is 6.59. The van der Waals surface area contributed by atoms with Crippen molar-refractivity contribution in [3.8, 4) is 11.3 Å². The van der Waals surface area contributed by atoms with Crippen molar-refractivity contribution in [1.29, 1.82) is 0 Å². The van der Waals surface area contributed by atoms with E-state index in [1.807, 2.05) is 60.0 Å². The molecule has 4 nitrogen and oxygen atoms in total. The molecular formula is C17H13N2O2-. The zero-order chi connectivity index (χ0) is 14.8. The van der Waals surface area contributed by atoms with Crippen molar-refractivity contribution in [2.45, 2.75) is 6.92 Å². The van der Waals surface area contributed by atoms with Crippen LogP contribution in [0.25, 0.3) is 23.0 Å². The number of hydrogen-bond donors (Lipinski definition) is 0. The number of aromatic nitrogens is 2. The number of carboxylic acid groups (broad SMARTS) is 1. The number of fused-ring (bicyclic) bond motifs is 1. The van der Waals surface area contributed by atoms with E-state index in [0.29, 0.717) is 0 Å². The van der Waals surface area contributed by atoms with Gasteiger partial charge in [0, 0.05) is 11.8 Å². The van der Waals surface area contributed by atoms with Crippen molar-refractivity contribution in [3.05, 3.63) is 66.0 Å². The van der Waals surface area contributed by atoms with E-state index in [2.05, 4.69) is 4.98 Å². The zero-order valence-electron chi connectivity index (χ0n) is 11.5. The molecular weight excluding hydrogens is 264 g/mol. The molecule has 0 unspecified atom stereocenters. The maximum Gasteiger partial charge on any atom is 0.140 e. The van der Waals surface area contributed by atoms with Gasteiger partial charge in [-0.15, -0.1) is 0 Å². The minimum atomic E-state index is -1.23. The van der Waals surface area contributed by atoms with Gasteiger partial charge in [0.05, 0.1) is 17.4 Å². The number of hydrogen-bond acceptors (Lipinski definition) is 3. The van der Waals surface area contributed by atoms with Gasteiger partial charge in [0.2, 0.25) is 0 Å². The lowest BCUT2D eigenvalue weighted by Gasteiger charge is -2.01. The Kier molecular flexibility index (Phi) is 3.28. The van der Waals surface area contributed by atoms with Gasteiger partial charge in [-0.05, 0) is 30.7 Å². The third-order valence-corrected chi connectivity index (χ3v) is 3.31. The molecule has 0 fully saturated rings. The minimum absolute atomic E-state index is 0.726. The van der Waals surface area contributed by atoms with Crippen LogP contribution in [0.4, 0.5) is 0 Å². The van der Waals surface area contributed by atoms with Crippen LogP contribution in [0, 0.1) is 6.92 Å². The number of aryl methyl sites for hydroxylation is 1. The molecule has 4 heteroatoms. The molecule has 1 aromatic carbocycles. The average molecular weight is 277 g/mol. The Hall–Kier alpha value is -2.88. The monoisotopic (exact) mass is 277 g/mol. The summed E-state index contributed by atoms with van der Waals surface area (Å²) in [6.07, 6.45) is 4.42. The second kappa shape index (κ2) is 5.25. The fraction of sp³-hybridized carbons (Fsp3) is 0.0588. The molecule has 0 aliphatic rings. The first-order valence-corrected chi connectivity index (χ1v) is 6.59. The molecule has 0 bridgehead atoms. The summed E-state index contributed by atoms with van der Waals surface area (Å²) in [5, 5.41) is 10.7. The first-order chi connectivity index (χ1) is 10.2. The van der Waals surface area contributed by atoms with Crippen LogP contribution < -0.4 is 5.11 Å². The smallest absolute Gasteiger partial charge is 0.140 e. The van der Waals surface area contributed by atoms with Gasteiger partial charge in [-0.3, -0.25) is 4.40 Å². The average Bonchev–Trinajstić information content (AvgIpc) is 2.86. The largest absolute Gasteiger partial charge is 0.545 e. The molecule has 104 valence electrons. The third-order valence-electron chi connectivity index (χ3n) is 3.31. The summed E-state index contributed by atoms with van der Waals surface area (Å²) < 4.78 is 1.89. The van der Waals surface area contributed by atoms with Crippen molar-refractivity contribution in [3.63, 3.8) is 0 Å². The number of carboxylic acids is 1. The van der Waals surface area contributed by atoms with E-state index >= 15 is 0 Å². The molecule has 0 spiro atoms. The Morgan fingerprint density at radius 3 is 2.67 bits per heavy atom. The van der Waals surface area contributed by atoms with Gasteiger partial charge in [0.1, 0.15) is 5.65 Å². The predicted molar refractivity (Wildman–Crippen MR) is 79.4 cm³/mol. The van der Waals surface area contributed by atoms with Gasteiger partial charge in [0.25, 0.3) is 0 Å². The Morgan fingerprint density at radius 2 is 1.95 bits per heavy atom. The Labute approximate surface area is 122 Å². The van der Waals surface area contributed by atoms with Crippen LogP contribution >= 0.6 is 0 Å². The molecule has 0 aliphatic heterocycles. The number of benzene rings is 1. The molecule has 0 N–H and O–H groups in total. The molecule has 2 heterocycles. The van der Waals surface area contributed by atoms with Crippen molar-refractivity contribution < 1.29 is 9.90 Å². The fourth-order valence-corrected chi connectivity index (χ4v) is 2.34. The van der Waals surface area contributed by atoms with Crippen LogP contribution in [0.1, 0.15) is 11.3 Å². The Balaban J connectivity index is 2.30. The van der Waals surface area contributed by atoms with Gasteiger partial charge in [-0.25, -0.2) is 4.98 Å². The maximum absolute atomic E-state index is 10.7. The fourth-order valence-electron chi connectivity index (χ4n) is 2.34. The number of nitrogens with zero attached hydrogens (tertiary/aromatic N) is 2. The van der Waals surface area contributed by atoms with Crippen LogP contribution in [-0.4, -0.2) is 15.4 Å². The van der Waals surface area contributed by atoms with Gasteiger partial charge in [0.15, 0.2) is 0 Å². The Bertz CT molecular complexity index is 833. The van der Waals surface area contributed by atoms with Crippen molar-refractivity contribution in [2.75, 3.05) is 0 Å². The van der Waals surface area contributed by atoms with Crippen LogP contribution in [0.3, 0.4) is 0 Å². The summed E-state index contributed by atoms with van der Waals surface area (Å²) >= 11 is 0. The number of pyridine rings is 1. The van der Waals surface area contributed by atoms with Crippen LogP contribution in [-0.2, 0) is 4.79 Å². The topological polar surface area (TPSA) is 57.4 Å². The summed E-state index contributed by atoms with van der Waals surface area (Å²) in [5.41, 5.74) is 4.27. The molecule has 3 rings (SSSR count). The summed E-state index contributed by atoms with van der Waals surface area (Å²) in [4.78, 5) is 15.4. The van der Waals surface area contributed by atoms with Gasteiger partial charge < -0.3 is 9.90 Å². The van der Waals surface area contributed by atoms with Gasteiger partial charge in [-0.2, -0.15) is 0 Å². The molecule has 0 saturated carbocycles. The van der Waals surface area contributed by atoms with E-state index in [9.17, 15) is 9.90 Å². The molecule has 0 radical (unpaired) electrons. The highest BCUT2D eigenvalue weighted by Crippen LogP contribution is 2.26. The summed E-state index contributed by atoms with van der Waals surface area (Å²) in [6, 6.07) is 13.6. The highest BCUT2D eigenvalue weighted by atomic mass is 16.4. The van der Waals surface area contributed by atoms with Crippen molar-refractivity contribution in [2.24, 2.45) is 0 Å². The molecule has 0 saturated heterocycles. The zero-order valence-corrected chi connectivity index (χ0v) is 11.5. The number of carbonyl (C=O) groups is 1. The number of imidazole rings is 1. The predicted octanol–water partition coefficient (Wildman–Crippen LogP) is 2.07. The second-order valence-electron chi connectivity index (χ2n) is 4.75. The van der Waals surface area contributed by atoms with Crippen molar-refractivity contribution >= 4 is 17.7 Å². The van der Waals surface area contributed by atoms with Crippen LogP contribution in [0.5, 0.6) is 0 Å². The highest BCUT2D eigenvalue weighted by molar-refractivity contribution is 5.86. The third kappa shape index (κ3) is 2.43. The first kappa shape index (κ1) is 13.1. The lowest BCUT2D eigenvalue weighted by atomic mass is 10.1. The molecule has 0 aliphatic carbocycles. The summed E-state index contributed by atoms with van der Waals surface area (Å²) in [5.74, 6) is -1.23. The van der Waals surface area contributed by atoms with Crippen LogP contribution in [0.2, 0.25) is 0 Å². The van der Waals surface area contributed by atoms with Gasteiger partial charge in [-0.1, -0.05) is 36.4 Å². The number of aliphatic carboxylic acids is 1. The standard InChI is InChI=1S/C17H14N2O2/c1-12-6-5-11-19-14(9-10-15(20)21)16(18-17(12)19)13-7-3-2-4-8-13/h2-11H,1H3,(H,20,21)/p-1/b10-9+. The molecule has 0 amide bonds. The quantitative estimate of drug-likeness (QED) is 0.689. The van der Waals surface area contributed by atoms with Crippen LogP contribution in [0.15, 0.2) is 54.7 Å². The van der Waals surface area contributed by atoms with E-state index in [0.717, 1.165) is 34.2 Å². The normalized spacial score (nSPS) is 11.3. The lowest BCUT2D eigenvalue weighted by molar-refractivity contribution is -0.297. The molecule has 0 atom stereocenters. The molecule has 21 heavy (non-hydrogen) atoms. The molecule has 3 aromatic rings. The summed E-state index contributed by atoms with van der Waals surface area (Å²) in [7, 11) is 0. The second-order valence-corrected chi connectivity index (χ2v) is 4.75. The van der Waals surface area contributed by atoms with Crippen molar-refractivity contribution in [1.82, 2.24) is 9.38 Å². The number of carbonyl (C=O) groups excluding carboxylic acids is 1. The molecule has 2 aromatic heterocycles. The minimum Gasteiger partial charge on any atom is -0.545 e. The maximum atomic E-state index is 10.7.